The Hall–Kier alpha value is -3.30. The molecule has 160 valence electrons. The van der Waals surface area contributed by atoms with Gasteiger partial charge >= 0.3 is 12.3 Å². The fraction of sp³-hybridized carbons (Fsp3) is 0.350. The third kappa shape index (κ3) is 4.17. The summed E-state index contributed by atoms with van der Waals surface area (Å²) in [6, 6.07) is 5.06. The van der Waals surface area contributed by atoms with Crippen LogP contribution in [0.5, 0.6) is 5.88 Å². The molecule has 1 N–H and O–H groups in total. The van der Waals surface area contributed by atoms with E-state index >= 15 is 0 Å². The first-order valence-corrected chi connectivity index (χ1v) is 9.04. The number of nitrogens with one attached hydrogen (secondary N) is 1. The molecule has 0 aliphatic carbocycles. The zero-order chi connectivity index (χ0) is 22.1. The van der Waals surface area contributed by atoms with Gasteiger partial charge < -0.3 is 19.5 Å². The highest BCUT2D eigenvalue weighted by Gasteiger charge is 2.42. The standard InChI is InChI=1S/C20H20F3N3O4/c1-10(2)29-18-15-14(12-7-5-6-8-13(12)20(21,22)23)16(30-19(27)28-4)11(3)26-17(15)24-9-25-18/h5-10,14H,1-4H3,(H,24,25,26). The molecule has 0 fully saturated rings. The van der Waals surface area contributed by atoms with Crippen LogP contribution < -0.4 is 10.1 Å². The van der Waals surface area contributed by atoms with Crippen LogP contribution in [-0.4, -0.2) is 29.3 Å². The summed E-state index contributed by atoms with van der Waals surface area (Å²) in [5.41, 5.74) is -0.466. The van der Waals surface area contributed by atoms with Crippen LogP contribution in [0.25, 0.3) is 0 Å². The lowest BCUT2D eigenvalue weighted by Gasteiger charge is -2.31. The minimum atomic E-state index is -4.64. The minimum Gasteiger partial charge on any atom is -0.475 e. The number of aromatic nitrogens is 2. The number of carbonyl (C=O) groups is 1. The summed E-state index contributed by atoms with van der Waals surface area (Å²) < 4.78 is 57.0. The van der Waals surface area contributed by atoms with Gasteiger partial charge in [-0.2, -0.15) is 13.2 Å². The molecule has 1 aromatic heterocycles. The van der Waals surface area contributed by atoms with Crippen molar-refractivity contribution < 1.29 is 32.2 Å². The molecule has 0 saturated carbocycles. The average Bonchev–Trinajstić information content (AvgIpc) is 2.67. The molecule has 1 atom stereocenters. The van der Waals surface area contributed by atoms with Crippen molar-refractivity contribution in [2.75, 3.05) is 12.4 Å². The third-order valence-corrected chi connectivity index (χ3v) is 4.36. The fourth-order valence-corrected chi connectivity index (χ4v) is 3.21. The van der Waals surface area contributed by atoms with Crippen molar-refractivity contribution in [1.29, 1.82) is 0 Å². The molecular weight excluding hydrogens is 403 g/mol. The van der Waals surface area contributed by atoms with E-state index in [1.165, 1.54) is 24.5 Å². The summed E-state index contributed by atoms with van der Waals surface area (Å²) in [4.78, 5) is 20.1. The Morgan fingerprint density at radius 3 is 2.53 bits per heavy atom. The Morgan fingerprint density at radius 1 is 1.20 bits per heavy atom. The van der Waals surface area contributed by atoms with E-state index < -0.39 is 23.8 Å². The van der Waals surface area contributed by atoms with E-state index in [0.29, 0.717) is 5.70 Å². The maximum atomic E-state index is 13.8. The number of benzene rings is 1. The summed E-state index contributed by atoms with van der Waals surface area (Å²) in [6.45, 7) is 5.09. The van der Waals surface area contributed by atoms with Crippen molar-refractivity contribution in [2.24, 2.45) is 0 Å². The molecule has 0 amide bonds. The predicted octanol–water partition coefficient (Wildman–Crippen LogP) is 4.85. The van der Waals surface area contributed by atoms with Crippen molar-refractivity contribution in [1.82, 2.24) is 9.97 Å². The van der Waals surface area contributed by atoms with Crippen molar-refractivity contribution in [2.45, 2.75) is 39.0 Å². The van der Waals surface area contributed by atoms with Crippen molar-refractivity contribution in [3.05, 3.63) is 58.7 Å². The molecule has 2 heterocycles. The summed E-state index contributed by atoms with van der Waals surface area (Å²) in [5.74, 6) is -0.872. The number of alkyl halides is 3. The number of nitrogens with zero attached hydrogens (tertiary/aromatic N) is 2. The Morgan fingerprint density at radius 2 is 1.90 bits per heavy atom. The molecule has 0 bridgehead atoms. The molecule has 2 aromatic rings. The van der Waals surface area contributed by atoms with Gasteiger partial charge in [0, 0.05) is 0 Å². The van der Waals surface area contributed by atoms with E-state index in [2.05, 4.69) is 20.0 Å². The molecule has 1 aromatic carbocycles. The first-order chi connectivity index (χ1) is 14.1. The average molecular weight is 423 g/mol. The minimum absolute atomic E-state index is 0.0607. The quantitative estimate of drug-likeness (QED) is 0.704. The van der Waals surface area contributed by atoms with Gasteiger partial charge in [0.15, 0.2) is 0 Å². The van der Waals surface area contributed by atoms with Crippen molar-refractivity contribution >= 4 is 12.0 Å². The third-order valence-electron chi connectivity index (χ3n) is 4.36. The second-order valence-electron chi connectivity index (χ2n) is 6.80. The molecule has 1 aliphatic heterocycles. The number of rotatable bonds is 4. The number of halogens is 3. The second kappa shape index (κ2) is 8.21. The number of anilines is 1. The van der Waals surface area contributed by atoms with Gasteiger partial charge in [-0.3, -0.25) is 0 Å². The van der Waals surface area contributed by atoms with Crippen LogP contribution in [0.15, 0.2) is 42.0 Å². The zero-order valence-corrected chi connectivity index (χ0v) is 16.7. The molecule has 0 radical (unpaired) electrons. The van der Waals surface area contributed by atoms with E-state index in [0.717, 1.165) is 13.2 Å². The predicted molar refractivity (Wildman–Crippen MR) is 101 cm³/mol. The number of allylic oxidation sites excluding steroid dienone is 2. The maximum Gasteiger partial charge on any atom is 0.513 e. The number of fused-ring (bicyclic) bond motifs is 1. The van der Waals surface area contributed by atoms with Gasteiger partial charge in [-0.1, -0.05) is 18.2 Å². The van der Waals surface area contributed by atoms with Crippen LogP contribution >= 0.6 is 0 Å². The summed E-state index contributed by atoms with van der Waals surface area (Å²) >= 11 is 0. The summed E-state index contributed by atoms with van der Waals surface area (Å²) in [5, 5.41) is 2.95. The molecule has 0 saturated heterocycles. The van der Waals surface area contributed by atoms with Crippen molar-refractivity contribution in [3.8, 4) is 5.88 Å². The van der Waals surface area contributed by atoms with E-state index in [9.17, 15) is 18.0 Å². The Bertz CT molecular complexity index is 990. The lowest BCUT2D eigenvalue weighted by Crippen LogP contribution is -2.26. The molecule has 0 spiro atoms. The first kappa shape index (κ1) is 21.4. The van der Waals surface area contributed by atoms with E-state index in [4.69, 9.17) is 9.47 Å². The van der Waals surface area contributed by atoms with Crippen LogP contribution in [0.2, 0.25) is 0 Å². The van der Waals surface area contributed by atoms with Crippen molar-refractivity contribution in [3.63, 3.8) is 0 Å². The normalized spacial score (nSPS) is 16.1. The van der Waals surface area contributed by atoms with Gasteiger partial charge in [0.05, 0.1) is 36.0 Å². The van der Waals surface area contributed by atoms with Crippen LogP contribution in [0.4, 0.5) is 23.8 Å². The van der Waals surface area contributed by atoms with Gasteiger partial charge in [-0.15, -0.1) is 0 Å². The van der Waals surface area contributed by atoms with Crippen LogP contribution in [0.1, 0.15) is 43.4 Å². The number of hydrogen-bond donors (Lipinski definition) is 1. The Labute approximate surface area is 170 Å². The number of carbonyl (C=O) groups excluding carboxylic acids is 1. The molecular formula is C20H20F3N3O4. The zero-order valence-electron chi connectivity index (χ0n) is 16.7. The van der Waals surface area contributed by atoms with Gasteiger partial charge in [0.25, 0.3) is 0 Å². The van der Waals surface area contributed by atoms with Crippen LogP contribution in [-0.2, 0) is 15.7 Å². The van der Waals surface area contributed by atoms with E-state index in [1.54, 1.807) is 20.8 Å². The first-order valence-electron chi connectivity index (χ1n) is 9.04. The summed E-state index contributed by atoms with van der Waals surface area (Å²) in [7, 11) is 1.11. The number of hydrogen-bond acceptors (Lipinski definition) is 7. The fourth-order valence-electron chi connectivity index (χ4n) is 3.21. The lowest BCUT2D eigenvalue weighted by molar-refractivity contribution is -0.138. The van der Waals surface area contributed by atoms with Gasteiger partial charge in [-0.05, 0) is 32.4 Å². The maximum absolute atomic E-state index is 13.8. The van der Waals surface area contributed by atoms with E-state index in [-0.39, 0.29) is 34.7 Å². The molecule has 30 heavy (non-hydrogen) atoms. The smallest absolute Gasteiger partial charge is 0.475 e. The molecule has 7 nitrogen and oxygen atoms in total. The van der Waals surface area contributed by atoms with Gasteiger partial charge in [0.2, 0.25) is 5.88 Å². The highest BCUT2D eigenvalue weighted by atomic mass is 19.4. The number of methoxy groups -OCH3 is 1. The molecule has 3 rings (SSSR count). The van der Waals surface area contributed by atoms with Crippen LogP contribution in [0.3, 0.4) is 0 Å². The van der Waals surface area contributed by atoms with Gasteiger partial charge in [0.1, 0.15) is 17.9 Å². The molecule has 1 unspecified atom stereocenters. The lowest BCUT2D eigenvalue weighted by atomic mass is 9.84. The van der Waals surface area contributed by atoms with Gasteiger partial charge in [-0.25, -0.2) is 14.8 Å². The SMILES string of the molecule is COC(=O)OC1=C(C)Nc2ncnc(OC(C)C)c2C1c1ccccc1C(F)(F)F. The highest BCUT2D eigenvalue weighted by molar-refractivity contribution is 5.68. The molecule has 10 heteroatoms. The number of ether oxygens (including phenoxy) is 3. The second-order valence-corrected chi connectivity index (χ2v) is 6.80. The topological polar surface area (TPSA) is 82.6 Å². The Balaban J connectivity index is 2.30. The monoisotopic (exact) mass is 423 g/mol. The largest absolute Gasteiger partial charge is 0.513 e. The Kier molecular flexibility index (Phi) is 5.86. The summed E-state index contributed by atoms with van der Waals surface area (Å²) in [6.07, 6.45) is -4.76. The van der Waals surface area contributed by atoms with Crippen LogP contribution in [0, 0.1) is 0 Å². The highest BCUT2D eigenvalue weighted by Crippen LogP contribution is 2.48. The van der Waals surface area contributed by atoms with E-state index in [1.807, 2.05) is 0 Å². The molecule has 1 aliphatic rings.